The summed E-state index contributed by atoms with van der Waals surface area (Å²) in [5, 5.41) is 3.43. The van der Waals surface area contributed by atoms with Gasteiger partial charge in [0, 0.05) is 26.2 Å². The van der Waals surface area contributed by atoms with Crippen molar-refractivity contribution >= 4 is 0 Å². The van der Waals surface area contributed by atoms with E-state index >= 15 is 0 Å². The van der Waals surface area contributed by atoms with Gasteiger partial charge in [-0.05, 0) is 19.4 Å². The maximum atomic E-state index is 5.76. The summed E-state index contributed by atoms with van der Waals surface area (Å²) < 4.78 is 5.44. The fraction of sp³-hybridized carbons (Fsp3) is 0.538. The molecule has 0 spiro atoms. The van der Waals surface area contributed by atoms with Gasteiger partial charge in [-0.2, -0.15) is 0 Å². The van der Waals surface area contributed by atoms with Crippen LogP contribution < -0.4 is 11.1 Å². The van der Waals surface area contributed by atoms with Crippen molar-refractivity contribution in [3.8, 4) is 0 Å². The Hall–Kier alpha value is -0.900. The van der Waals surface area contributed by atoms with Gasteiger partial charge in [-0.25, -0.2) is 0 Å². The summed E-state index contributed by atoms with van der Waals surface area (Å²) in [6.07, 6.45) is 0. The van der Waals surface area contributed by atoms with Crippen LogP contribution in [0.4, 0.5) is 0 Å². The first-order valence-electron chi connectivity index (χ1n) is 5.62. The average molecular weight is 222 g/mol. The van der Waals surface area contributed by atoms with Crippen LogP contribution >= 0.6 is 0 Å². The second-order valence-electron chi connectivity index (χ2n) is 4.46. The molecule has 0 bridgehead atoms. The average Bonchev–Trinajstić information content (AvgIpc) is 2.31. The molecular weight excluding hydrogens is 200 g/mol. The number of hydrogen-bond donors (Lipinski definition) is 2. The SMILES string of the molecule is COC(C)(C)C(CN)NCc1ccccc1. The first-order chi connectivity index (χ1) is 7.60. The van der Waals surface area contributed by atoms with Crippen LogP contribution in [-0.2, 0) is 11.3 Å². The molecule has 0 aromatic heterocycles. The smallest absolute Gasteiger partial charge is 0.0787 e. The number of rotatable bonds is 6. The van der Waals surface area contributed by atoms with E-state index in [9.17, 15) is 0 Å². The summed E-state index contributed by atoms with van der Waals surface area (Å²) >= 11 is 0. The van der Waals surface area contributed by atoms with E-state index < -0.39 is 0 Å². The number of nitrogens with two attached hydrogens (primary N) is 1. The Morgan fingerprint density at radius 2 is 1.94 bits per heavy atom. The van der Waals surface area contributed by atoms with Gasteiger partial charge in [0.15, 0.2) is 0 Å². The predicted octanol–water partition coefficient (Wildman–Crippen LogP) is 1.53. The zero-order valence-electron chi connectivity index (χ0n) is 10.4. The second kappa shape index (κ2) is 5.99. The molecule has 0 aliphatic rings. The molecule has 90 valence electrons. The highest BCUT2D eigenvalue weighted by molar-refractivity contribution is 5.14. The summed E-state index contributed by atoms with van der Waals surface area (Å²) in [6.45, 7) is 5.47. The zero-order chi connectivity index (χ0) is 12.0. The van der Waals surface area contributed by atoms with E-state index in [1.54, 1.807) is 7.11 Å². The highest BCUT2D eigenvalue weighted by atomic mass is 16.5. The lowest BCUT2D eigenvalue weighted by molar-refractivity contribution is -0.00810. The van der Waals surface area contributed by atoms with E-state index in [1.807, 2.05) is 32.0 Å². The molecule has 0 aliphatic heterocycles. The Labute approximate surface area is 98.0 Å². The van der Waals surface area contributed by atoms with Crippen molar-refractivity contribution in [3.63, 3.8) is 0 Å². The fourth-order valence-electron chi connectivity index (χ4n) is 1.59. The molecule has 0 aliphatic carbocycles. The third-order valence-electron chi connectivity index (χ3n) is 3.00. The van der Waals surface area contributed by atoms with Crippen LogP contribution in [0.15, 0.2) is 30.3 Å². The first-order valence-corrected chi connectivity index (χ1v) is 5.62. The van der Waals surface area contributed by atoms with Gasteiger partial charge in [0.05, 0.1) is 5.60 Å². The fourth-order valence-corrected chi connectivity index (χ4v) is 1.59. The Kier molecular flexibility index (Phi) is 4.93. The molecule has 0 heterocycles. The quantitative estimate of drug-likeness (QED) is 0.767. The van der Waals surface area contributed by atoms with E-state index in [0.717, 1.165) is 6.54 Å². The van der Waals surface area contributed by atoms with Gasteiger partial charge < -0.3 is 15.8 Å². The summed E-state index contributed by atoms with van der Waals surface area (Å²) in [5.41, 5.74) is 6.77. The van der Waals surface area contributed by atoms with Crippen LogP contribution in [0.25, 0.3) is 0 Å². The number of benzene rings is 1. The third-order valence-corrected chi connectivity index (χ3v) is 3.00. The molecule has 0 saturated carbocycles. The maximum absolute atomic E-state index is 5.76. The van der Waals surface area contributed by atoms with Gasteiger partial charge in [-0.15, -0.1) is 0 Å². The van der Waals surface area contributed by atoms with Crippen molar-refractivity contribution in [2.75, 3.05) is 13.7 Å². The molecular formula is C13H22N2O. The first kappa shape index (κ1) is 13.2. The normalized spacial score (nSPS) is 13.8. The Balaban J connectivity index is 2.53. The van der Waals surface area contributed by atoms with Crippen LogP contribution in [0.2, 0.25) is 0 Å². The maximum Gasteiger partial charge on any atom is 0.0787 e. The largest absolute Gasteiger partial charge is 0.377 e. The lowest BCUT2D eigenvalue weighted by Crippen LogP contribution is -2.52. The van der Waals surface area contributed by atoms with Gasteiger partial charge in [0.2, 0.25) is 0 Å². The van der Waals surface area contributed by atoms with Crippen LogP contribution in [0.3, 0.4) is 0 Å². The molecule has 1 unspecified atom stereocenters. The monoisotopic (exact) mass is 222 g/mol. The third kappa shape index (κ3) is 3.59. The van der Waals surface area contributed by atoms with Gasteiger partial charge in [0.25, 0.3) is 0 Å². The standard InChI is InChI=1S/C13H22N2O/c1-13(2,16-3)12(9-14)15-10-11-7-5-4-6-8-11/h4-8,12,15H,9-10,14H2,1-3H3. The highest BCUT2D eigenvalue weighted by Crippen LogP contribution is 2.13. The minimum absolute atomic E-state index is 0.151. The lowest BCUT2D eigenvalue weighted by atomic mass is 9.98. The topological polar surface area (TPSA) is 47.3 Å². The van der Waals surface area contributed by atoms with Crippen LogP contribution in [-0.4, -0.2) is 25.3 Å². The molecule has 3 N–H and O–H groups in total. The Bertz CT molecular complexity index is 298. The summed E-state index contributed by atoms with van der Waals surface area (Å²) in [7, 11) is 1.72. The summed E-state index contributed by atoms with van der Waals surface area (Å²) in [4.78, 5) is 0. The molecule has 0 saturated heterocycles. The zero-order valence-corrected chi connectivity index (χ0v) is 10.4. The Morgan fingerprint density at radius 3 is 2.44 bits per heavy atom. The van der Waals surface area contributed by atoms with E-state index in [1.165, 1.54) is 5.56 Å². The molecule has 1 atom stereocenters. The van der Waals surface area contributed by atoms with Crippen molar-refractivity contribution < 1.29 is 4.74 Å². The second-order valence-corrected chi connectivity index (χ2v) is 4.46. The van der Waals surface area contributed by atoms with Gasteiger partial charge >= 0.3 is 0 Å². The number of nitrogens with one attached hydrogen (secondary N) is 1. The molecule has 3 heteroatoms. The highest BCUT2D eigenvalue weighted by Gasteiger charge is 2.27. The van der Waals surface area contributed by atoms with Crippen LogP contribution in [0.5, 0.6) is 0 Å². The number of hydrogen-bond acceptors (Lipinski definition) is 3. The van der Waals surface area contributed by atoms with Gasteiger partial charge in [0.1, 0.15) is 0 Å². The minimum Gasteiger partial charge on any atom is -0.377 e. The van der Waals surface area contributed by atoms with E-state index in [0.29, 0.717) is 6.54 Å². The summed E-state index contributed by atoms with van der Waals surface area (Å²) in [6, 6.07) is 10.4. The molecule has 0 amide bonds. The molecule has 1 aromatic carbocycles. The predicted molar refractivity (Wildman–Crippen MR) is 67.2 cm³/mol. The summed E-state index contributed by atoms with van der Waals surface area (Å²) in [5.74, 6) is 0. The van der Waals surface area contributed by atoms with Crippen molar-refractivity contribution in [2.45, 2.75) is 32.0 Å². The van der Waals surface area contributed by atoms with Crippen LogP contribution in [0, 0.1) is 0 Å². The molecule has 0 fully saturated rings. The van der Waals surface area contributed by atoms with Crippen molar-refractivity contribution in [1.82, 2.24) is 5.32 Å². The Morgan fingerprint density at radius 1 is 1.31 bits per heavy atom. The van der Waals surface area contributed by atoms with E-state index in [4.69, 9.17) is 10.5 Å². The molecule has 0 radical (unpaired) electrons. The number of methoxy groups -OCH3 is 1. The van der Waals surface area contributed by atoms with Crippen molar-refractivity contribution in [1.29, 1.82) is 0 Å². The molecule has 1 rings (SSSR count). The minimum atomic E-state index is -0.246. The van der Waals surface area contributed by atoms with Crippen LogP contribution in [0.1, 0.15) is 19.4 Å². The van der Waals surface area contributed by atoms with E-state index in [2.05, 4.69) is 17.4 Å². The lowest BCUT2D eigenvalue weighted by Gasteiger charge is -2.33. The van der Waals surface area contributed by atoms with Gasteiger partial charge in [-0.1, -0.05) is 30.3 Å². The van der Waals surface area contributed by atoms with Crippen molar-refractivity contribution in [2.24, 2.45) is 5.73 Å². The van der Waals surface area contributed by atoms with Crippen molar-refractivity contribution in [3.05, 3.63) is 35.9 Å². The molecule has 3 nitrogen and oxygen atoms in total. The molecule has 16 heavy (non-hydrogen) atoms. The van der Waals surface area contributed by atoms with Gasteiger partial charge in [-0.3, -0.25) is 0 Å². The van der Waals surface area contributed by atoms with E-state index in [-0.39, 0.29) is 11.6 Å². The molecule has 1 aromatic rings. The number of ether oxygens (including phenoxy) is 1.